The lowest BCUT2D eigenvalue weighted by molar-refractivity contribution is -0.128. The molecule has 3 nitrogen and oxygen atoms in total. The van der Waals surface area contributed by atoms with Crippen LogP contribution in [0.1, 0.15) is 12.5 Å². The first-order chi connectivity index (χ1) is 8.02. The van der Waals surface area contributed by atoms with E-state index in [-0.39, 0.29) is 19.0 Å². The van der Waals surface area contributed by atoms with E-state index in [4.69, 9.17) is 0 Å². The Hall–Kier alpha value is -1.49. The quantitative estimate of drug-likeness (QED) is 0.849. The monoisotopic (exact) mass is 242 g/mol. The zero-order valence-corrected chi connectivity index (χ0v) is 9.96. The Kier molecular flexibility index (Phi) is 5.03. The average molecular weight is 242 g/mol. The Morgan fingerprint density at radius 2 is 1.88 bits per heavy atom. The van der Waals surface area contributed by atoms with Crippen LogP contribution in [-0.4, -0.2) is 30.9 Å². The van der Waals surface area contributed by atoms with Crippen LogP contribution < -0.4 is 5.32 Å². The predicted molar refractivity (Wildman–Crippen MR) is 61.4 cm³/mol. The second-order valence-corrected chi connectivity index (χ2v) is 3.79. The highest BCUT2D eigenvalue weighted by atomic mass is 19.1. The maximum atomic E-state index is 12.9. The first-order valence-corrected chi connectivity index (χ1v) is 5.42. The molecule has 94 valence electrons. The number of rotatable bonds is 5. The molecule has 0 aliphatic carbocycles. The number of nitrogens with one attached hydrogen (secondary N) is 1. The highest BCUT2D eigenvalue weighted by Crippen LogP contribution is 2.07. The molecule has 0 aliphatic heterocycles. The minimum atomic E-state index is -0.612. The van der Waals surface area contributed by atoms with Gasteiger partial charge in [0.15, 0.2) is 0 Å². The van der Waals surface area contributed by atoms with E-state index in [1.807, 2.05) is 6.92 Å². The molecule has 0 bridgehead atoms. The molecular weight excluding hydrogens is 226 g/mol. The number of hydrogen-bond acceptors (Lipinski definition) is 2. The number of amides is 1. The minimum Gasteiger partial charge on any atom is -0.345 e. The molecule has 5 heteroatoms. The van der Waals surface area contributed by atoms with Gasteiger partial charge in [0.1, 0.15) is 11.6 Å². The van der Waals surface area contributed by atoms with Gasteiger partial charge in [-0.3, -0.25) is 4.79 Å². The lowest BCUT2D eigenvalue weighted by Gasteiger charge is -2.14. The van der Waals surface area contributed by atoms with Gasteiger partial charge in [-0.25, -0.2) is 8.78 Å². The summed E-state index contributed by atoms with van der Waals surface area (Å²) in [6.45, 7) is 2.93. The topological polar surface area (TPSA) is 32.3 Å². The molecule has 0 radical (unpaired) electrons. The molecule has 17 heavy (non-hydrogen) atoms. The molecule has 0 atom stereocenters. The van der Waals surface area contributed by atoms with Gasteiger partial charge in [0.05, 0.1) is 6.54 Å². The maximum Gasteiger partial charge on any atom is 0.236 e. The van der Waals surface area contributed by atoms with Gasteiger partial charge in [-0.2, -0.15) is 0 Å². The normalized spacial score (nSPS) is 10.4. The van der Waals surface area contributed by atoms with E-state index in [2.05, 4.69) is 5.32 Å². The van der Waals surface area contributed by atoms with Gasteiger partial charge in [-0.15, -0.1) is 0 Å². The first-order valence-electron chi connectivity index (χ1n) is 5.42. The summed E-state index contributed by atoms with van der Waals surface area (Å²) in [6.07, 6.45) is 0. The smallest absolute Gasteiger partial charge is 0.236 e. The Bertz CT molecular complexity index is 376. The zero-order valence-electron chi connectivity index (χ0n) is 9.96. The van der Waals surface area contributed by atoms with E-state index >= 15 is 0 Å². The fraction of sp³-hybridized carbons (Fsp3) is 0.417. The van der Waals surface area contributed by atoms with E-state index in [0.717, 1.165) is 6.07 Å². The van der Waals surface area contributed by atoms with Crippen LogP contribution in [0, 0.1) is 11.6 Å². The lowest BCUT2D eigenvalue weighted by atomic mass is 10.2. The van der Waals surface area contributed by atoms with E-state index in [1.54, 1.807) is 11.9 Å². The number of hydrogen-bond donors (Lipinski definition) is 1. The Labute approximate surface area is 99.4 Å². The number of benzene rings is 1. The molecule has 1 aromatic carbocycles. The lowest BCUT2D eigenvalue weighted by Crippen LogP contribution is -2.35. The van der Waals surface area contributed by atoms with Crippen molar-refractivity contribution < 1.29 is 13.6 Å². The van der Waals surface area contributed by atoms with Crippen molar-refractivity contribution in [1.82, 2.24) is 10.2 Å². The molecule has 1 N–H and O–H groups in total. The predicted octanol–water partition coefficient (Wildman–Crippen LogP) is 1.53. The zero-order chi connectivity index (χ0) is 12.8. The van der Waals surface area contributed by atoms with Crippen LogP contribution in [-0.2, 0) is 11.3 Å². The Balaban J connectivity index is 2.43. The maximum absolute atomic E-state index is 12.9. The molecule has 0 spiro atoms. The van der Waals surface area contributed by atoms with Crippen LogP contribution in [0.25, 0.3) is 0 Å². The van der Waals surface area contributed by atoms with Crippen molar-refractivity contribution in [2.45, 2.75) is 13.5 Å². The third-order valence-electron chi connectivity index (χ3n) is 2.43. The van der Waals surface area contributed by atoms with Crippen LogP contribution in [0.5, 0.6) is 0 Å². The SMILES string of the molecule is CCN(C)C(=O)CNCc1cc(F)cc(F)c1. The number of carbonyl (C=O) groups excluding carboxylic acids is 1. The summed E-state index contributed by atoms with van der Waals surface area (Å²) in [5.74, 6) is -1.28. The third-order valence-corrected chi connectivity index (χ3v) is 2.43. The molecule has 0 heterocycles. The van der Waals surface area contributed by atoms with Crippen molar-refractivity contribution in [3.05, 3.63) is 35.4 Å². The molecule has 0 saturated carbocycles. The Morgan fingerprint density at radius 3 is 2.41 bits per heavy atom. The molecule has 0 unspecified atom stereocenters. The molecule has 0 fully saturated rings. The molecule has 1 amide bonds. The molecule has 0 aromatic heterocycles. The molecule has 0 saturated heterocycles. The van der Waals surface area contributed by atoms with Crippen LogP contribution in [0.15, 0.2) is 18.2 Å². The van der Waals surface area contributed by atoms with Crippen molar-refractivity contribution in [1.29, 1.82) is 0 Å². The summed E-state index contributed by atoms with van der Waals surface area (Å²) in [5, 5.41) is 2.85. The summed E-state index contributed by atoms with van der Waals surface area (Å²) < 4.78 is 25.7. The summed E-state index contributed by atoms with van der Waals surface area (Å²) >= 11 is 0. The number of nitrogens with zero attached hydrogens (tertiary/aromatic N) is 1. The average Bonchev–Trinajstić information content (AvgIpc) is 2.26. The fourth-order valence-corrected chi connectivity index (χ4v) is 1.34. The van der Waals surface area contributed by atoms with Gasteiger partial charge in [-0.1, -0.05) is 0 Å². The van der Waals surface area contributed by atoms with Gasteiger partial charge < -0.3 is 10.2 Å². The van der Waals surface area contributed by atoms with Gasteiger partial charge in [-0.05, 0) is 24.6 Å². The third kappa shape index (κ3) is 4.48. The van der Waals surface area contributed by atoms with E-state index in [1.165, 1.54) is 12.1 Å². The molecule has 0 aliphatic rings. The van der Waals surface area contributed by atoms with Gasteiger partial charge in [0.2, 0.25) is 5.91 Å². The van der Waals surface area contributed by atoms with Crippen molar-refractivity contribution in [3.8, 4) is 0 Å². The minimum absolute atomic E-state index is 0.0515. The number of carbonyl (C=O) groups is 1. The van der Waals surface area contributed by atoms with Gasteiger partial charge in [0, 0.05) is 26.2 Å². The Morgan fingerprint density at radius 1 is 1.29 bits per heavy atom. The highest BCUT2D eigenvalue weighted by Gasteiger charge is 2.06. The highest BCUT2D eigenvalue weighted by molar-refractivity contribution is 5.77. The van der Waals surface area contributed by atoms with Crippen LogP contribution >= 0.6 is 0 Å². The van der Waals surface area contributed by atoms with Gasteiger partial charge >= 0.3 is 0 Å². The van der Waals surface area contributed by atoms with Crippen LogP contribution in [0.3, 0.4) is 0 Å². The summed E-state index contributed by atoms with van der Waals surface area (Å²) in [6, 6.07) is 3.30. The molecular formula is C12H16F2N2O. The van der Waals surface area contributed by atoms with Crippen molar-refractivity contribution in [2.24, 2.45) is 0 Å². The molecule has 1 aromatic rings. The van der Waals surface area contributed by atoms with Gasteiger partial charge in [0.25, 0.3) is 0 Å². The second-order valence-electron chi connectivity index (χ2n) is 3.79. The van der Waals surface area contributed by atoms with Crippen molar-refractivity contribution in [2.75, 3.05) is 20.1 Å². The molecule has 1 rings (SSSR count). The largest absolute Gasteiger partial charge is 0.345 e. The van der Waals surface area contributed by atoms with Crippen molar-refractivity contribution >= 4 is 5.91 Å². The number of likely N-dealkylation sites (N-methyl/N-ethyl adjacent to an activating group) is 1. The van der Waals surface area contributed by atoms with Crippen LogP contribution in [0.4, 0.5) is 8.78 Å². The van der Waals surface area contributed by atoms with Crippen LogP contribution in [0.2, 0.25) is 0 Å². The summed E-state index contributed by atoms with van der Waals surface area (Å²) in [4.78, 5) is 13.0. The van der Waals surface area contributed by atoms with E-state index in [9.17, 15) is 13.6 Å². The number of halogens is 2. The summed E-state index contributed by atoms with van der Waals surface area (Å²) in [5.41, 5.74) is 0.481. The standard InChI is InChI=1S/C12H16F2N2O/c1-3-16(2)12(17)8-15-7-9-4-10(13)6-11(14)5-9/h4-6,15H,3,7-8H2,1-2H3. The fourth-order valence-electron chi connectivity index (χ4n) is 1.34. The van der Waals surface area contributed by atoms with E-state index in [0.29, 0.717) is 12.1 Å². The van der Waals surface area contributed by atoms with E-state index < -0.39 is 11.6 Å². The first kappa shape index (κ1) is 13.6. The summed E-state index contributed by atoms with van der Waals surface area (Å²) in [7, 11) is 1.70. The van der Waals surface area contributed by atoms with Crippen molar-refractivity contribution in [3.63, 3.8) is 0 Å². The second kappa shape index (κ2) is 6.30.